The lowest BCUT2D eigenvalue weighted by molar-refractivity contribution is -0.00684. The second-order valence-corrected chi connectivity index (χ2v) is 5.66. The van der Waals surface area contributed by atoms with Crippen molar-refractivity contribution in [1.29, 1.82) is 0 Å². The summed E-state index contributed by atoms with van der Waals surface area (Å²) in [4.78, 5) is 16.8. The topological polar surface area (TPSA) is 70.6 Å². The molecule has 1 amide bonds. The Morgan fingerprint density at radius 2 is 1.92 bits per heavy atom. The van der Waals surface area contributed by atoms with E-state index in [-0.39, 0.29) is 6.61 Å². The van der Waals surface area contributed by atoms with Gasteiger partial charge in [0.1, 0.15) is 18.2 Å². The van der Waals surface area contributed by atoms with Crippen LogP contribution in [0.1, 0.15) is 17.3 Å². The van der Waals surface area contributed by atoms with Crippen LogP contribution in [0, 0.1) is 23.3 Å². The highest BCUT2D eigenvalue weighted by molar-refractivity contribution is 6.31. The highest BCUT2D eigenvalue weighted by Crippen LogP contribution is 2.32. The van der Waals surface area contributed by atoms with Crippen molar-refractivity contribution in [3.05, 3.63) is 58.1 Å². The molecule has 0 aliphatic heterocycles. The number of hydroxylamine groups is 1. The fourth-order valence-corrected chi connectivity index (χ4v) is 2.10. The van der Waals surface area contributed by atoms with Crippen LogP contribution < -0.4 is 10.8 Å². The fraction of sp³-hybridized carbons (Fsp3) is 0.188. The van der Waals surface area contributed by atoms with E-state index in [0.717, 1.165) is 18.2 Å². The van der Waals surface area contributed by atoms with Gasteiger partial charge < -0.3 is 10.4 Å². The number of rotatable bonds is 6. The van der Waals surface area contributed by atoms with Gasteiger partial charge in [-0.1, -0.05) is 11.6 Å². The van der Waals surface area contributed by atoms with E-state index in [1.54, 1.807) is 0 Å². The summed E-state index contributed by atoms with van der Waals surface area (Å²) in [5.41, 5.74) is 0.293. The number of hydrogen-bond donors (Lipinski definition) is 3. The maximum absolute atomic E-state index is 14.3. The predicted molar refractivity (Wildman–Crippen MR) is 86.1 cm³/mol. The maximum Gasteiger partial charge on any atom is 0.277 e. The Bertz CT molecular complexity index is 834. The number of nitrogens with one attached hydrogen (secondary N) is 2. The van der Waals surface area contributed by atoms with E-state index in [4.69, 9.17) is 21.5 Å². The second-order valence-electron chi connectivity index (χ2n) is 5.25. The molecule has 0 saturated heterocycles. The lowest BCUT2D eigenvalue weighted by Gasteiger charge is -2.15. The molecule has 0 saturated carbocycles. The minimum Gasteiger partial charge on any atom is -0.391 e. The number of carbonyl (C=O) groups excluding carboxylic acids is 1. The first-order chi connectivity index (χ1) is 12.2. The third kappa shape index (κ3) is 4.63. The molecule has 1 unspecified atom stereocenters. The van der Waals surface area contributed by atoms with E-state index in [1.165, 1.54) is 6.92 Å². The number of aliphatic hydroxyl groups is 1. The molecule has 3 N–H and O–H groups in total. The van der Waals surface area contributed by atoms with Gasteiger partial charge in [-0.05, 0) is 25.1 Å². The number of aliphatic hydroxyl groups excluding tert-OH is 1. The Kier molecular flexibility index (Phi) is 6.41. The van der Waals surface area contributed by atoms with Gasteiger partial charge in [-0.25, -0.2) is 23.0 Å². The van der Waals surface area contributed by atoms with Crippen molar-refractivity contribution in [1.82, 2.24) is 5.48 Å². The van der Waals surface area contributed by atoms with Gasteiger partial charge in [0.2, 0.25) is 0 Å². The van der Waals surface area contributed by atoms with Gasteiger partial charge in [0.25, 0.3) is 5.91 Å². The normalized spacial score (nSPS) is 12.0. The molecule has 0 bridgehead atoms. The number of carbonyl (C=O) groups is 1. The Morgan fingerprint density at radius 3 is 2.54 bits per heavy atom. The van der Waals surface area contributed by atoms with Gasteiger partial charge in [-0.2, -0.15) is 0 Å². The van der Waals surface area contributed by atoms with E-state index in [0.29, 0.717) is 6.07 Å². The van der Waals surface area contributed by atoms with Gasteiger partial charge in [-0.3, -0.25) is 9.63 Å². The molecule has 2 aromatic carbocycles. The Morgan fingerprint density at radius 1 is 1.23 bits per heavy atom. The summed E-state index contributed by atoms with van der Waals surface area (Å²) in [5.74, 6) is -5.99. The Hall–Kier alpha value is -2.36. The molecule has 10 heteroatoms. The van der Waals surface area contributed by atoms with Crippen LogP contribution in [-0.2, 0) is 4.84 Å². The zero-order chi connectivity index (χ0) is 19.4. The molecular formula is C16H13ClF4N2O3. The van der Waals surface area contributed by atoms with Gasteiger partial charge in [0.05, 0.1) is 28.1 Å². The molecule has 0 spiro atoms. The molecule has 0 aliphatic rings. The second kappa shape index (κ2) is 8.35. The minimum atomic E-state index is -1.54. The molecule has 1 atom stereocenters. The lowest BCUT2D eigenvalue weighted by atomic mass is 10.1. The van der Waals surface area contributed by atoms with Crippen molar-refractivity contribution >= 4 is 28.9 Å². The SMILES string of the molecule is CC(O)CONC(=O)c1cc(Cl)c(F)c(F)c1Nc1ccc(F)cc1F. The van der Waals surface area contributed by atoms with Crippen LogP contribution in [0.2, 0.25) is 5.02 Å². The van der Waals surface area contributed by atoms with Gasteiger partial charge in [0.15, 0.2) is 11.6 Å². The third-order valence-electron chi connectivity index (χ3n) is 3.09. The summed E-state index contributed by atoms with van der Waals surface area (Å²) in [6, 6.07) is 3.17. The molecule has 0 radical (unpaired) electrons. The molecular weight excluding hydrogens is 380 g/mol. The Labute approximate surface area is 150 Å². The standard InChI is InChI=1S/C16H13ClF4N2O3/c1-7(24)6-26-23-16(25)9-5-10(17)13(20)14(21)15(9)22-12-3-2-8(18)4-11(12)19/h2-5,7,22,24H,6H2,1H3,(H,23,25). The van der Waals surface area contributed by atoms with Crippen LogP contribution in [0.25, 0.3) is 0 Å². The van der Waals surface area contributed by atoms with Gasteiger partial charge in [-0.15, -0.1) is 0 Å². The van der Waals surface area contributed by atoms with Crippen molar-refractivity contribution in [2.45, 2.75) is 13.0 Å². The van der Waals surface area contributed by atoms with E-state index >= 15 is 0 Å². The fourth-order valence-electron chi connectivity index (χ4n) is 1.90. The molecule has 5 nitrogen and oxygen atoms in total. The molecule has 0 fully saturated rings. The summed E-state index contributed by atoms with van der Waals surface area (Å²) in [5, 5.41) is 10.6. The molecule has 0 aliphatic carbocycles. The van der Waals surface area contributed by atoms with Crippen molar-refractivity contribution in [3.63, 3.8) is 0 Å². The molecule has 0 aromatic heterocycles. The largest absolute Gasteiger partial charge is 0.391 e. The number of amides is 1. The highest BCUT2D eigenvalue weighted by Gasteiger charge is 2.23. The third-order valence-corrected chi connectivity index (χ3v) is 3.36. The molecule has 140 valence electrons. The van der Waals surface area contributed by atoms with Crippen LogP contribution in [-0.4, -0.2) is 23.7 Å². The summed E-state index contributed by atoms with van der Waals surface area (Å²) >= 11 is 5.55. The van der Waals surface area contributed by atoms with Crippen LogP contribution >= 0.6 is 11.6 Å². The van der Waals surface area contributed by atoms with E-state index in [9.17, 15) is 22.4 Å². The first-order valence-corrected chi connectivity index (χ1v) is 7.58. The van der Waals surface area contributed by atoms with Crippen molar-refractivity contribution in [3.8, 4) is 0 Å². The summed E-state index contributed by atoms with van der Waals surface area (Å²) in [7, 11) is 0. The van der Waals surface area contributed by atoms with Crippen molar-refractivity contribution < 1.29 is 32.3 Å². The number of anilines is 2. The van der Waals surface area contributed by atoms with Crippen molar-refractivity contribution in [2.24, 2.45) is 0 Å². The smallest absolute Gasteiger partial charge is 0.277 e. The van der Waals surface area contributed by atoms with Gasteiger partial charge in [0, 0.05) is 6.07 Å². The number of halogens is 5. The zero-order valence-electron chi connectivity index (χ0n) is 13.2. The zero-order valence-corrected chi connectivity index (χ0v) is 14.0. The number of hydrogen-bond acceptors (Lipinski definition) is 4. The highest BCUT2D eigenvalue weighted by atomic mass is 35.5. The monoisotopic (exact) mass is 392 g/mol. The molecule has 2 rings (SSSR count). The van der Waals surface area contributed by atoms with Crippen molar-refractivity contribution in [2.75, 3.05) is 11.9 Å². The van der Waals surface area contributed by atoms with E-state index in [2.05, 4.69) is 5.32 Å². The summed E-state index contributed by atoms with van der Waals surface area (Å²) in [6.45, 7) is 1.13. The quantitative estimate of drug-likeness (QED) is 0.398. The number of benzene rings is 2. The van der Waals surface area contributed by atoms with E-state index in [1.807, 2.05) is 5.48 Å². The van der Waals surface area contributed by atoms with Crippen LogP contribution in [0.3, 0.4) is 0 Å². The predicted octanol–water partition coefficient (Wildman–Crippen LogP) is 3.68. The minimum absolute atomic E-state index is 0.265. The average Bonchev–Trinajstić information content (AvgIpc) is 2.56. The average molecular weight is 393 g/mol. The molecule has 0 heterocycles. The van der Waals surface area contributed by atoms with Crippen LogP contribution in [0.15, 0.2) is 24.3 Å². The summed E-state index contributed by atoms with van der Waals surface area (Å²) < 4.78 is 54.8. The first kappa shape index (κ1) is 20.0. The molecule has 26 heavy (non-hydrogen) atoms. The Balaban J connectivity index is 2.39. The summed E-state index contributed by atoms with van der Waals surface area (Å²) in [6.07, 6.45) is -0.894. The van der Waals surface area contributed by atoms with E-state index < -0.39 is 57.2 Å². The van der Waals surface area contributed by atoms with Gasteiger partial charge >= 0.3 is 0 Å². The van der Waals surface area contributed by atoms with Crippen LogP contribution in [0.4, 0.5) is 28.9 Å². The first-order valence-electron chi connectivity index (χ1n) is 7.20. The maximum atomic E-state index is 14.3. The molecule has 2 aromatic rings. The lowest BCUT2D eigenvalue weighted by Crippen LogP contribution is -2.28. The van der Waals surface area contributed by atoms with Crippen LogP contribution in [0.5, 0.6) is 0 Å².